The number of nitrogens with two attached hydrogens (primary N) is 1. The highest BCUT2D eigenvalue weighted by molar-refractivity contribution is 5.62. The SMILES string of the molecule is CCN(CC)c1ccc2c(c1)OC(N)=C(C#N)C2c1ccccc1C(F)(F)F. The van der Waals surface area contributed by atoms with E-state index in [0.29, 0.717) is 11.3 Å². The van der Waals surface area contributed by atoms with E-state index in [4.69, 9.17) is 10.5 Å². The molecule has 0 spiro atoms. The molecule has 0 amide bonds. The van der Waals surface area contributed by atoms with Gasteiger partial charge in [0.25, 0.3) is 0 Å². The first-order valence-electron chi connectivity index (χ1n) is 8.94. The van der Waals surface area contributed by atoms with Crippen LogP contribution in [0.15, 0.2) is 53.9 Å². The molecule has 0 saturated carbocycles. The van der Waals surface area contributed by atoms with Gasteiger partial charge in [0.1, 0.15) is 17.4 Å². The molecule has 0 bridgehead atoms. The molecule has 1 heterocycles. The maximum atomic E-state index is 13.6. The van der Waals surface area contributed by atoms with Crippen LogP contribution in [0.4, 0.5) is 18.9 Å². The maximum Gasteiger partial charge on any atom is 0.416 e. The summed E-state index contributed by atoms with van der Waals surface area (Å²) in [5, 5.41) is 9.57. The molecule has 0 saturated heterocycles. The normalized spacial score (nSPS) is 16.2. The molecule has 28 heavy (non-hydrogen) atoms. The summed E-state index contributed by atoms with van der Waals surface area (Å²) >= 11 is 0. The lowest BCUT2D eigenvalue weighted by Gasteiger charge is -2.30. The van der Waals surface area contributed by atoms with Gasteiger partial charge in [-0.05, 0) is 31.5 Å². The molecular formula is C21H20F3N3O. The van der Waals surface area contributed by atoms with Gasteiger partial charge in [-0.2, -0.15) is 18.4 Å². The van der Waals surface area contributed by atoms with Crippen LogP contribution in [0.2, 0.25) is 0 Å². The first-order valence-corrected chi connectivity index (χ1v) is 8.94. The van der Waals surface area contributed by atoms with Crippen LogP contribution in [0.5, 0.6) is 5.75 Å². The standard InChI is InChI=1S/C21H20F3N3O/c1-3-27(4-2)13-9-10-15-18(11-13)28-20(26)16(12-25)19(15)14-7-5-6-8-17(14)21(22,23)24/h5-11,19H,3-4,26H2,1-2H3. The van der Waals surface area contributed by atoms with Crippen molar-refractivity contribution >= 4 is 5.69 Å². The van der Waals surface area contributed by atoms with Crippen molar-refractivity contribution in [1.29, 1.82) is 5.26 Å². The summed E-state index contributed by atoms with van der Waals surface area (Å²) in [6, 6.07) is 12.5. The van der Waals surface area contributed by atoms with E-state index in [1.807, 2.05) is 26.0 Å². The zero-order valence-corrected chi connectivity index (χ0v) is 15.5. The van der Waals surface area contributed by atoms with Crippen LogP contribution in [0, 0.1) is 11.3 Å². The Hall–Kier alpha value is -3.14. The molecule has 2 N–H and O–H groups in total. The van der Waals surface area contributed by atoms with Crippen LogP contribution in [0.25, 0.3) is 0 Å². The Bertz CT molecular complexity index is 956. The number of hydrogen-bond acceptors (Lipinski definition) is 4. The van der Waals surface area contributed by atoms with Crippen LogP contribution in [0.1, 0.15) is 36.5 Å². The smallest absolute Gasteiger partial charge is 0.416 e. The Morgan fingerprint density at radius 2 is 1.79 bits per heavy atom. The largest absolute Gasteiger partial charge is 0.440 e. The molecule has 3 rings (SSSR count). The second kappa shape index (κ2) is 7.47. The van der Waals surface area contributed by atoms with E-state index in [1.165, 1.54) is 18.2 Å². The number of benzene rings is 2. The topological polar surface area (TPSA) is 62.3 Å². The minimum atomic E-state index is -4.55. The summed E-state index contributed by atoms with van der Waals surface area (Å²) in [6.45, 7) is 5.55. The molecule has 0 radical (unpaired) electrons. The highest BCUT2D eigenvalue weighted by Gasteiger charge is 2.39. The van der Waals surface area contributed by atoms with Crippen molar-refractivity contribution in [3.63, 3.8) is 0 Å². The number of rotatable bonds is 4. The Kier molecular flexibility index (Phi) is 5.23. The van der Waals surface area contributed by atoms with E-state index < -0.39 is 17.7 Å². The summed E-state index contributed by atoms with van der Waals surface area (Å²) in [5.74, 6) is -0.756. The van der Waals surface area contributed by atoms with Crippen molar-refractivity contribution in [2.24, 2.45) is 5.73 Å². The zero-order valence-electron chi connectivity index (χ0n) is 15.5. The lowest BCUT2D eigenvalue weighted by molar-refractivity contribution is -0.138. The van der Waals surface area contributed by atoms with Crippen molar-refractivity contribution < 1.29 is 17.9 Å². The summed E-state index contributed by atoms with van der Waals surface area (Å²) in [6.07, 6.45) is -4.55. The van der Waals surface area contributed by atoms with Gasteiger partial charge in [-0.15, -0.1) is 0 Å². The Morgan fingerprint density at radius 1 is 1.11 bits per heavy atom. The van der Waals surface area contributed by atoms with Crippen LogP contribution >= 0.6 is 0 Å². The first-order chi connectivity index (χ1) is 13.3. The van der Waals surface area contributed by atoms with Gasteiger partial charge in [-0.25, -0.2) is 0 Å². The van der Waals surface area contributed by atoms with E-state index in [-0.39, 0.29) is 17.0 Å². The fourth-order valence-corrected chi connectivity index (χ4v) is 3.56. The minimum Gasteiger partial charge on any atom is -0.440 e. The molecule has 1 atom stereocenters. The van der Waals surface area contributed by atoms with E-state index in [0.717, 1.165) is 24.8 Å². The first kappa shape index (κ1) is 19.6. The highest BCUT2D eigenvalue weighted by atomic mass is 19.4. The minimum absolute atomic E-state index is 0.0189. The predicted octanol–water partition coefficient (Wildman–Crippen LogP) is 4.77. The van der Waals surface area contributed by atoms with Gasteiger partial charge >= 0.3 is 6.18 Å². The molecule has 146 valence electrons. The molecule has 0 aromatic heterocycles. The molecule has 4 nitrogen and oxygen atoms in total. The molecule has 1 aliphatic rings. The third-order valence-corrected chi connectivity index (χ3v) is 4.91. The number of halogens is 3. The lowest BCUT2D eigenvalue weighted by atomic mass is 9.81. The fourth-order valence-electron chi connectivity index (χ4n) is 3.56. The monoisotopic (exact) mass is 387 g/mol. The molecule has 0 fully saturated rings. The Morgan fingerprint density at radius 3 is 2.39 bits per heavy atom. The van der Waals surface area contributed by atoms with E-state index in [9.17, 15) is 18.4 Å². The molecule has 1 aliphatic heterocycles. The highest BCUT2D eigenvalue weighted by Crippen LogP contribution is 2.46. The average Bonchev–Trinajstić information content (AvgIpc) is 2.67. The third kappa shape index (κ3) is 3.38. The number of ether oxygens (including phenoxy) is 1. The lowest BCUT2D eigenvalue weighted by Crippen LogP contribution is -2.25. The number of alkyl halides is 3. The molecular weight excluding hydrogens is 367 g/mol. The number of hydrogen-bond donors (Lipinski definition) is 1. The number of anilines is 1. The molecule has 1 unspecified atom stereocenters. The Balaban J connectivity index is 2.22. The van der Waals surface area contributed by atoms with Crippen molar-refractivity contribution in [3.05, 3.63) is 70.6 Å². The summed E-state index contributed by atoms with van der Waals surface area (Å²) in [7, 11) is 0. The third-order valence-electron chi connectivity index (χ3n) is 4.91. The fraction of sp³-hybridized carbons (Fsp3) is 0.286. The Labute approximate surface area is 161 Å². The molecule has 0 aliphatic carbocycles. The van der Waals surface area contributed by atoms with Crippen molar-refractivity contribution in [2.75, 3.05) is 18.0 Å². The van der Waals surface area contributed by atoms with E-state index >= 15 is 0 Å². The number of fused-ring (bicyclic) bond motifs is 1. The number of nitriles is 1. The number of allylic oxidation sites excluding steroid dienone is 1. The van der Waals surface area contributed by atoms with Gasteiger partial charge in [0.2, 0.25) is 5.88 Å². The summed E-state index contributed by atoms with van der Waals surface area (Å²) in [4.78, 5) is 2.09. The van der Waals surface area contributed by atoms with Crippen molar-refractivity contribution in [3.8, 4) is 11.8 Å². The van der Waals surface area contributed by atoms with Crippen LogP contribution in [-0.2, 0) is 6.18 Å². The van der Waals surface area contributed by atoms with E-state index in [2.05, 4.69) is 4.90 Å². The van der Waals surface area contributed by atoms with E-state index in [1.54, 1.807) is 12.1 Å². The van der Waals surface area contributed by atoms with Gasteiger partial charge in [0.15, 0.2) is 0 Å². The van der Waals surface area contributed by atoms with Gasteiger partial charge in [0.05, 0.1) is 11.5 Å². The predicted molar refractivity (Wildman–Crippen MR) is 101 cm³/mol. The van der Waals surface area contributed by atoms with Gasteiger partial charge < -0.3 is 15.4 Å². The van der Waals surface area contributed by atoms with Gasteiger partial charge in [0, 0.05) is 30.4 Å². The summed E-state index contributed by atoms with van der Waals surface area (Å²) < 4.78 is 46.4. The van der Waals surface area contributed by atoms with Gasteiger partial charge in [-0.3, -0.25) is 0 Å². The average molecular weight is 387 g/mol. The summed E-state index contributed by atoms with van der Waals surface area (Å²) in [5.41, 5.74) is 6.44. The second-order valence-corrected chi connectivity index (χ2v) is 6.40. The number of nitrogens with zero attached hydrogens (tertiary/aromatic N) is 2. The molecule has 2 aromatic carbocycles. The quantitative estimate of drug-likeness (QED) is 0.821. The van der Waals surface area contributed by atoms with Crippen LogP contribution in [-0.4, -0.2) is 13.1 Å². The molecule has 7 heteroatoms. The maximum absolute atomic E-state index is 13.6. The van der Waals surface area contributed by atoms with Gasteiger partial charge in [-0.1, -0.05) is 24.3 Å². The molecule has 2 aromatic rings. The van der Waals surface area contributed by atoms with Crippen molar-refractivity contribution in [1.82, 2.24) is 0 Å². The van der Waals surface area contributed by atoms with Crippen LogP contribution < -0.4 is 15.4 Å². The van der Waals surface area contributed by atoms with Crippen LogP contribution in [0.3, 0.4) is 0 Å². The zero-order chi connectivity index (χ0) is 20.5. The second-order valence-electron chi connectivity index (χ2n) is 6.40. The van der Waals surface area contributed by atoms with Crippen molar-refractivity contribution in [2.45, 2.75) is 25.9 Å².